The molecule has 2 aromatic heterocycles. The highest BCUT2D eigenvalue weighted by Gasteiger charge is 2.46. The molecule has 0 radical (unpaired) electrons. The molecule has 30 heavy (non-hydrogen) atoms. The van der Waals surface area contributed by atoms with Crippen molar-refractivity contribution in [2.75, 3.05) is 13.3 Å². The molecule has 0 saturated heterocycles. The number of nitrogens with zero attached hydrogens (tertiary/aromatic N) is 1. The first-order valence-electron chi connectivity index (χ1n) is 9.99. The Morgan fingerprint density at radius 1 is 1.30 bits per heavy atom. The zero-order valence-electron chi connectivity index (χ0n) is 17.0. The molecule has 2 N–H and O–H groups in total. The van der Waals surface area contributed by atoms with Crippen molar-refractivity contribution in [3.63, 3.8) is 0 Å². The van der Waals surface area contributed by atoms with Gasteiger partial charge in [-0.15, -0.1) is 0 Å². The monoisotopic (exact) mass is 418 g/mol. The largest absolute Gasteiger partial charge is 0.493 e. The molecule has 160 valence electrons. The van der Waals surface area contributed by atoms with E-state index in [0.717, 1.165) is 22.0 Å². The Kier molecular flexibility index (Phi) is 5.26. The molecule has 2 atom stereocenters. The van der Waals surface area contributed by atoms with Crippen LogP contribution in [0, 0.1) is 6.92 Å². The smallest absolute Gasteiger partial charge is 0.267 e. The summed E-state index contributed by atoms with van der Waals surface area (Å²) in [6.45, 7) is 3.05. The number of benzene rings is 1. The molecule has 0 amide bonds. The highest BCUT2D eigenvalue weighted by atomic mass is 19.3. The average Bonchev–Trinajstić information content (AvgIpc) is 3.32. The normalized spacial score (nSPS) is 17.6. The highest BCUT2D eigenvalue weighted by Crippen LogP contribution is 2.44. The molecule has 0 saturated carbocycles. The number of halogens is 3. The molecule has 3 heterocycles. The van der Waals surface area contributed by atoms with E-state index in [2.05, 4.69) is 9.97 Å². The molecule has 1 aliphatic rings. The second kappa shape index (κ2) is 7.61. The number of aromatic nitrogens is 2. The zero-order valence-corrected chi connectivity index (χ0v) is 17.0. The van der Waals surface area contributed by atoms with Crippen LogP contribution in [0.25, 0.3) is 10.9 Å². The third-order valence-electron chi connectivity index (χ3n) is 5.95. The van der Waals surface area contributed by atoms with Crippen LogP contribution < -0.4 is 4.74 Å². The van der Waals surface area contributed by atoms with Crippen LogP contribution in [0.1, 0.15) is 35.7 Å². The number of aromatic amines is 1. The van der Waals surface area contributed by atoms with Crippen LogP contribution in [0.2, 0.25) is 0 Å². The predicted molar refractivity (Wildman–Crippen MR) is 109 cm³/mol. The van der Waals surface area contributed by atoms with E-state index in [1.807, 2.05) is 13.0 Å². The van der Waals surface area contributed by atoms with E-state index in [4.69, 9.17) is 4.74 Å². The molecule has 2 unspecified atom stereocenters. The maximum Gasteiger partial charge on any atom is 0.267 e. The summed E-state index contributed by atoms with van der Waals surface area (Å²) in [4.78, 5) is 7.07. The van der Waals surface area contributed by atoms with Crippen molar-refractivity contribution >= 4 is 10.9 Å². The van der Waals surface area contributed by atoms with Crippen LogP contribution >= 0.6 is 0 Å². The number of rotatable bonds is 7. The number of alkyl halides is 3. The lowest BCUT2D eigenvalue weighted by Crippen LogP contribution is -2.46. The van der Waals surface area contributed by atoms with Gasteiger partial charge in [0.2, 0.25) is 0 Å². The fourth-order valence-electron chi connectivity index (χ4n) is 4.48. The minimum absolute atomic E-state index is 0.330. The van der Waals surface area contributed by atoms with Gasteiger partial charge in [-0.1, -0.05) is 24.6 Å². The topological polar surface area (TPSA) is 58.1 Å². The van der Waals surface area contributed by atoms with E-state index in [9.17, 15) is 18.3 Å². The second-order valence-electron chi connectivity index (χ2n) is 8.61. The molecule has 0 spiro atoms. The van der Waals surface area contributed by atoms with Gasteiger partial charge in [0.25, 0.3) is 6.43 Å². The Labute approximate surface area is 173 Å². The highest BCUT2D eigenvalue weighted by molar-refractivity contribution is 5.79. The molecule has 0 fully saturated rings. The van der Waals surface area contributed by atoms with Gasteiger partial charge in [-0.05, 0) is 31.0 Å². The third kappa shape index (κ3) is 3.67. The lowest BCUT2D eigenvalue weighted by molar-refractivity contribution is -0.113. The lowest BCUT2D eigenvalue weighted by atomic mass is 9.72. The summed E-state index contributed by atoms with van der Waals surface area (Å²) in [6.07, 6.45) is 0.0991. The number of aryl methyl sites for hydroxylation is 1. The van der Waals surface area contributed by atoms with Crippen molar-refractivity contribution in [1.82, 2.24) is 9.97 Å². The summed E-state index contributed by atoms with van der Waals surface area (Å²) in [6, 6.07) is 7.18. The van der Waals surface area contributed by atoms with Crippen molar-refractivity contribution < 1.29 is 23.0 Å². The van der Waals surface area contributed by atoms with E-state index >= 15 is 0 Å². The van der Waals surface area contributed by atoms with Gasteiger partial charge in [0.15, 0.2) is 0 Å². The van der Waals surface area contributed by atoms with Gasteiger partial charge in [0.1, 0.15) is 11.4 Å². The Morgan fingerprint density at radius 3 is 2.80 bits per heavy atom. The SMILES string of the molecule is Cc1cc2c(c(C(C)(CF)CC(O)(Cc3cc4cnccc4[nH]3)C(F)F)c1)OCC2. The van der Waals surface area contributed by atoms with Crippen molar-refractivity contribution in [2.24, 2.45) is 0 Å². The maximum absolute atomic E-state index is 14.4. The van der Waals surface area contributed by atoms with Crippen LogP contribution in [-0.4, -0.2) is 40.4 Å². The van der Waals surface area contributed by atoms with Crippen LogP contribution in [0.5, 0.6) is 5.75 Å². The molecule has 7 heteroatoms. The number of nitrogens with one attached hydrogen (secondary N) is 1. The molecular weight excluding hydrogens is 393 g/mol. The first kappa shape index (κ1) is 20.7. The van der Waals surface area contributed by atoms with Crippen LogP contribution in [0.3, 0.4) is 0 Å². The molecule has 4 nitrogen and oxygen atoms in total. The number of fused-ring (bicyclic) bond motifs is 2. The molecule has 1 aromatic carbocycles. The summed E-state index contributed by atoms with van der Waals surface area (Å²) >= 11 is 0. The Bertz CT molecular complexity index is 1030. The number of hydrogen-bond acceptors (Lipinski definition) is 3. The Morgan fingerprint density at radius 2 is 2.10 bits per heavy atom. The summed E-state index contributed by atoms with van der Waals surface area (Å²) in [5, 5.41) is 11.8. The third-order valence-corrected chi connectivity index (χ3v) is 5.95. The van der Waals surface area contributed by atoms with Crippen molar-refractivity contribution in [3.8, 4) is 5.75 Å². The van der Waals surface area contributed by atoms with Gasteiger partial charge in [0, 0.05) is 52.8 Å². The van der Waals surface area contributed by atoms with Crippen molar-refractivity contribution in [2.45, 2.75) is 50.6 Å². The fraction of sp³-hybridized carbons (Fsp3) is 0.435. The molecular formula is C23H25F3N2O2. The number of H-pyrrole nitrogens is 1. The lowest BCUT2D eigenvalue weighted by Gasteiger charge is -2.37. The fourth-order valence-corrected chi connectivity index (χ4v) is 4.48. The second-order valence-corrected chi connectivity index (χ2v) is 8.61. The first-order valence-corrected chi connectivity index (χ1v) is 9.99. The van der Waals surface area contributed by atoms with Crippen molar-refractivity contribution in [3.05, 3.63) is 59.0 Å². The molecule has 0 aliphatic carbocycles. The molecule has 4 rings (SSSR count). The van der Waals surface area contributed by atoms with Crippen molar-refractivity contribution in [1.29, 1.82) is 0 Å². The van der Waals surface area contributed by atoms with Gasteiger partial charge in [-0.3, -0.25) is 9.37 Å². The minimum atomic E-state index is -3.05. The molecule has 3 aromatic rings. The predicted octanol–water partition coefficient (Wildman–Crippen LogP) is 4.66. The Balaban J connectivity index is 1.70. The van der Waals surface area contributed by atoms with E-state index in [1.54, 1.807) is 37.5 Å². The summed E-state index contributed by atoms with van der Waals surface area (Å²) < 4.78 is 48.4. The number of aliphatic hydroxyl groups is 1. The minimum Gasteiger partial charge on any atom is -0.493 e. The van der Waals surface area contributed by atoms with Gasteiger partial charge < -0.3 is 14.8 Å². The van der Waals surface area contributed by atoms with Crippen LogP contribution in [0.4, 0.5) is 13.2 Å². The first-order chi connectivity index (χ1) is 14.2. The van der Waals surface area contributed by atoms with E-state index in [1.165, 1.54) is 0 Å². The maximum atomic E-state index is 14.4. The van der Waals surface area contributed by atoms with Crippen LogP contribution in [0.15, 0.2) is 36.7 Å². The number of pyridine rings is 1. The summed E-state index contributed by atoms with van der Waals surface area (Å²) in [7, 11) is 0. The quantitative estimate of drug-likeness (QED) is 0.587. The number of hydrogen-bond donors (Lipinski definition) is 2. The van der Waals surface area contributed by atoms with Gasteiger partial charge in [0.05, 0.1) is 13.3 Å². The number of ether oxygens (including phenoxy) is 1. The molecule has 0 bridgehead atoms. The van der Waals surface area contributed by atoms with Gasteiger partial charge >= 0.3 is 0 Å². The van der Waals surface area contributed by atoms with Gasteiger partial charge in [-0.2, -0.15) is 0 Å². The van der Waals surface area contributed by atoms with E-state index in [0.29, 0.717) is 30.0 Å². The van der Waals surface area contributed by atoms with Gasteiger partial charge in [-0.25, -0.2) is 8.78 Å². The average molecular weight is 418 g/mol. The summed E-state index contributed by atoms with van der Waals surface area (Å²) in [5.74, 6) is 0.564. The zero-order chi connectivity index (χ0) is 21.5. The van der Waals surface area contributed by atoms with E-state index in [-0.39, 0.29) is 6.42 Å². The van der Waals surface area contributed by atoms with E-state index < -0.39 is 30.5 Å². The standard InChI is InChI=1S/C23H25F3N2O2/c1-14-7-15-4-6-30-20(15)18(8-14)22(2,13-24)12-23(29,21(25)26)10-17-9-16-11-27-5-3-19(16)28-17/h3,5,7-9,11,21,28-29H,4,6,10,12-13H2,1-2H3. The summed E-state index contributed by atoms with van der Waals surface area (Å²) in [5.41, 5.74) is -0.130. The Hall–Kier alpha value is -2.54. The molecule has 1 aliphatic heterocycles. The van der Waals surface area contributed by atoms with Crippen LogP contribution in [-0.2, 0) is 18.3 Å².